The van der Waals surface area contributed by atoms with E-state index in [1.165, 1.54) is 0 Å². The second-order valence-corrected chi connectivity index (χ2v) is 5.18. The molecule has 1 amide bonds. The highest BCUT2D eigenvalue weighted by molar-refractivity contribution is 6.32. The van der Waals surface area contributed by atoms with Gasteiger partial charge in [0.05, 0.1) is 11.6 Å². The van der Waals surface area contributed by atoms with E-state index in [0.29, 0.717) is 35.9 Å². The van der Waals surface area contributed by atoms with E-state index in [-0.39, 0.29) is 5.91 Å². The van der Waals surface area contributed by atoms with Gasteiger partial charge >= 0.3 is 0 Å². The third-order valence-corrected chi connectivity index (χ3v) is 3.64. The van der Waals surface area contributed by atoms with Gasteiger partial charge in [-0.15, -0.1) is 0 Å². The van der Waals surface area contributed by atoms with E-state index in [9.17, 15) is 9.90 Å². The number of benzene rings is 1. The van der Waals surface area contributed by atoms with Gasteiger partial charge in [0.15, 0.2) is 0 Å². The zero-order chi connectivity index (χ0) is 13.9. The first-order valence-electron chi connectivity index (χ1n) is 6.51. The normalized spacial score (nSPS) is 17.2. The molecule has 0 bridgehead atoms. The van der Waals surface area contributed by atoms with Crippen molar-refractivity contribution in [2.75, 3.05) is 11.9 Å². The summed E-state index contributed by atoms with van der Waals surface area (Å²) in [6, 6.07) is 5.05. The predicted octanol–water partition coefficient (Wildman–Crippen LogP) is 2.98. The third kappa shape index (κ3) is 3.19. The number of amides is 1. The van der Waals surface area contributed by atoms with Gasteiger partial charge in [0.2, 0.25) is 0 Å². The lowest BCUT2D eigenvalue weighted by atomic mass is 10.0. The minimum atomic E-state index is -1.23. The Hall–Kier alpha value is -1.26. The van der Waals surface area contributed by atoms with E-state index in [4.69, 9.17) is 16.3 Å². The number of rotatable bonds is 4. The van der Waals surface area contributed by atoms with Crippen LogP contribution in [0.4, 0.5) is 5.69 Å². The molecule has 0 saturated heterocycles. The molecule has 0 atom stereocenters. The van der Waals surface area contributed by atoms with Crippen molar-refractivity contribution in [2.24, 2.45) is 0 Å². The second kappa shape index (κ2) is 5.80. The largest absolute Gasteiger partial charge is 0.492 e. The Labute approximate surface area is 117 Å². The molecule has 19 heavy (non-hydrogen) atoms. The topological polar surface area (TPSA) is 58.6 Å². The highest BCUT2D eigenvalue weighted by Gasteiger charge is 2.38. The van der Waals surface area contributed by atoms with E-state index in [0.717, 1.165) is 12.8 Å². The van der Waals surface area contributed by atoms with E-state index in [2.05, 4.69) is 5.32 Å². The van der Waals surface area contributed by atoms with Crippen LogP contribution in [0, 0.1) is 0 Å². The quantitative estimate of drug-likeness (QED) is 0.893. The molecular weight excluding hydrogens is 266 g/mol. The molecule has 2 rings (SSSR count). The van der Waals surface area contributed by atoms with E-state index < -0.39 is 5.60 Å². The van der Waals surface area contributed by atoms with Crippen LogP contribution in [0.3, 0.4) is 0 Å². The lowest BCUT2D eigenvalue weighted by Gasteiger charge is -2.21. The molecule has 2 N–H and O–H groups in total. The molecule has 104 valence electrons. The molecule has 1 fully saturated rings. The van der Waals surface area contributed by atoms with Crippen LogP contribution in [0.5, 0.6) is 5.75 Å². The average molecular weight is 284 g/mol. The van der Waals surface area contributed by atoms with Gasteiger partial charge in [-0.25, -0.2) is 0 Å². The number of hydrogen-bond donors (Lipinski definition) is 2. The Morgan fingerprint density at radius 2 is 2.16 bits per heavy atom. The molecule has 1 aromatic rings. The van der Waals surface area contributed by atoms with Crippen LogP contribution in [-0.4, -0.2) is 23.2 Å². The van der Waals surface area contributed by atoms with Crippen LogP contribution in [0.1, 0.15) is 32.6 Å². The van der Waals surface area contributed by atoms with Crippen molar-refractivity contribution in [3.05, 3.63) is 23.2 Å². The van der Waals surface area contributed by atoms with Crippen LogP contribution < -0.4 is 10.1 Å². The summed E-state index contributed by atoms with van der Waals surface area (Å²) in [5, 5.41) is 13.3. The SMILES string of the molecule is CCOc1ccc(NC(=O)C2(O)CCCC2)cc1Cl. The van der Waals surface area contributed by atoms with Crippen LogP contribution in [-0.2, 0) is 4.79 Å². The maximum Gasteiger partial charge on any atom is 0.256 e. The number of carbonyl (C=O) groups excluding carboxylic acids is 1. The second-order valence-electron chi connectivity index (χ2n) is 4.77. The first-order chi connectivity index (χ1) is 9.05. The Balaban J connectivity index is 2.07. The summed E-state index contributed by atoms with van der Waals surface area (Å²) in [5.41, 5.74) is -0.663. The monoisotopic (exact) mass is 283 g/mol. The van der Waals surface area contributed by atoms with Crippen molar-refractivity contribution in [3.63, 3.8) is 0 Å². The number of hydrogen-bond acceptors (Lipinski definition) is 3. The fourth-order valence-electron chi connectivity index (χ4n) is 2.29. The van der Waals surface area contributed by atoms with Crippen molar-refractivity contribution in [2.45, 2.75) is 38.2 Å². The zero-order valence-corrected chi connectivity index (χ0v) is 11.7. The van der Waals surface area contributed by atoms with Crippen molar-refractivity contribution in [1.29, 1.82) is 0 Å². The van der Waals surface area contributed by atoms with E-state index in [1.54, 1.807) is 18.2 Å². The molecular formula is C14H18ClNO3. The van der Waals surface area contributed by atoms with Crippen molar-refractivity contribution in [1.82, 2.24) is 0 Å². The predicted molar refractivity (Wildman–Crippen MR) is 74.7 cm³/mol. The van der Waals surface area contributed by atoms with Crippen molar-refractivity contribution >= 4 is 23.2 Å². The standard InChI is InChI=1S/C14H18ClNO3/c1-2-19-12-6-5-10(9-11(12)15)16-13(17)14(18)7-3-4-8-14/h5-6,9,18H,2-4,7-8H2,1H3,(H,16,17). The molecule has 0 radical (unpaired) electrons. The zero-order valence-electron chi connectivity index (χ0n) is 10.9. The molecule has 0 aromatic heterocycles. The maximum atomic E-state index is 12.0. The number of halogens is 1. The highest BCUT2D eigenvalue weighted by Crippen LogP contribution is 2.32. The summed E-state index contributed by atoms with van der Waals surface area (Å²) in [6.07, 6.45) is 2.80. The first kappa shape index (κ1) is 14.2. The van der Waals surface area contributed by atoms with Crippen molar-refractivity contribution in [3.8, 4) is 5.75 Å². The fourth-order valence-corrected chi connectivity index (χ4v) is 2.52. The molecule has 1 aromatic carbocycles. The van der Waals surface area contributed by atoms with Crippen molar-refractivity contribution < 1.29 is 14.6 Å². The lowest BCUT2D eigenvalue weighted by Crippen LogP contribution is -2.40. The smallest absolute Gasteiger partial charge is 0.256 e. The highest BCUT2D eigenvalue weighted by atomic mass is 35.5. The molecule has 1 aliphatic rings. The summed E-state index contributed by atoms with van der Waals surface area (Å²) in [6.45, 7) is 2.41. The minimum Gasteiger partial charge on any atom is -0.492 e. The van der Waals surface area contributed by atoms with Gasteiger partial charge in [0, 0.05) is 5.69 Å². The number of carbonyl (C=O) groups is 1. The Morgan fingerprint density at radius 3 is 2.74 bits per heavy atom. The molecule has 4 nitrogen and oxygen atoms in total. The Bertz CT molecular complexity index is 470. The molecule has 1 saturated carbocycles. The number of ether oxygens (including phenoxy) is 1. The number of anilines is 1. The molecule has 5 heteroatoms. The van der Waals surface area contributed by atoms with Crippen LogP contribution in [0.15, 0.2) is 18.2 Å². The third-order valence-electron chi connectivity index (χ3n) is 3.34. The molecule has 0 aliphatic heterocycles. The first-order valence-corrected chi connectivity index (χ1v) is 6.89. The number of aliphatic hydroxyl groups is 1. The van der Waals surface area contributed by atoms with Gasteiger partial charge in [-0.05, 0) is 50.8 Å². The molecule has 0 heterocycles. The van der Waals surface area contributed by atoms with Gasteiger partial charge in [0.25, 0.3) is 5.91 Å². The van der Waals surface area contributed by atoms with E-state index >= 15 is 0 Å². The summed E-state index contributed by atoms with van der Waals surface area (Å²) >= 11 is 6.05. The summed E-state index contributed by atoms with van der Waals surface area (Å²) in [5.74, 6) is 0.229. The van der Waals surface area contributed by atoms with Gasteiger partial charge in [0.1, 0.15) is 11.4 Å². The van der Waals surface area contributed by atoms with Crippen LogP contribution >= 0.6 is 11.6 Å². The average Bonchev–Trinajstić information content (AvgIpc) is 2.81. The van der Waals surface area contributed by atoms with E-state index in [1.807, 2.05) is 6.92 Å². The van der Waals surface area contributed by atoms with Gasteiger partial charge in [-0.3, -0.25) is 4.79 Å². The molecule has 0 spiro atoms. The maximum absolute atomic E-state index is 12.0. The van der Waals surface area contributed by atoms with Gasteiger partial charge in [-0.1, -0.05) is 11.6 Å². The van der Waals surface area contributed by atoms with Crippen LogP contribution in [0.2, 0.25) is 5.02 Å². The summed E-state index contributed by atoms with van der Waals surface area (Å²) in [4.78, 5) is 12.0. The number of nitrogens with one attached hydrogen (secondary N) is 1. The van der Waals surface area contributed by atoms with Gasteiger partial charge in [-0.2, -0.15) is 0 Å². The minimum absolute atomic E-state index is 0.356. The Kier molecular flexibility index (Phi) is 4.32. The fraction of sp³-hybridized carbons (Fsp3) is 0.500. The summed E-state index contributed by atoms with van der Waals surface area (Å²) < 4.78 is 5.32. The lowest BCUT2D eigenvalue weighted by molar-refractivity contribution is -0.133. The Morgan fingerprint density at radius 1 is 1.47 bits per heavy atom. The van der Waals surface area contributed by atoms with Gasteiger partial charge < -0.3 is 15.2 Å². The molecule has 0 unspecified atom stereocenters. The van der Waals surface area contributed by atoms with Crippen LogP contribution in [0.25, 0.3) is 0 Å². The summed E-state index contributed by atoms with van der Waals surface area (Å²) in [7, 11) is 0. The molecule has 1 aliphatic carbocycles.